The van der Waals surface area contributed by atoms with Gasteiger partial charge in [-0.3, -0.25) is 0 Å². The van der Waals surface area contributed by atoms with Crippen LogP contribution in [0.3, 0.4) is 0 Å². The van der Waals surface area contributed by atoms with E-state index in [4.69, 9.17) is 4.74 Å². The third kappa shape index (κ3) is 2.89. The second-order valence-corrected chi connectivity index (χ2v) is 7.23. The highest BCUT2D eigenvalue weighted by molar-refractivity contribution is 9.10. The topological polar surface area (TPSA) is 21.3 Å². The molecule has 0 bridgehead atoms. The van der Waals surface area contributed by atoms with Crippen LogP contribution in [-0.4, -0.2) is 13.2 Å². The third-order valence-electron chi connectivity index (χ3n) is 5.06. The second-order valence-electron chi connectivity index (χ2n) is 6.32. The summed E-state index contributed by atoms with van der Waals surface area (Å²) < 4.78 is 6.97. The Labute approximate surface area is 130 Å². The Bertz CT molecular complexity index is 480. The predicted octanol–water partition coefficient (Wildman–Crippen LogP) is 4.44. The number of rotatable bonds is 5. The van der Waals surface area contributed by atoms with Crippen LogP contribution in [-0.2, 0) is 13.0 Å². The molecule has 1 aromatic rings. The van der Waals surface area contributed by atoms with Gasteiger partial charge < -0.3 is 10.1 Å². The number of nitrogens with one attached hydrogen (secondary N) is 1. The maximum Gasteiger partial charge on any atom is 0.127 e. The van der Waals surface area contributed by atoms with Crippen LogP contribution in [0.15, 0.2) is 16.6 Å². The van der Waals surface area contributed by atoms with Crippen LogP contribution < -0.4 is 10.1 Å². The first-order chi connectivity index (χ1) is 9.72. The summed E-state index contributed by atoms with van der Waals surface area (Å²) in [5, 5.41) is 3.69. The third-order valence-corrected chi connectivity index (χ3v) is 5.51. The molecule has 2 nitrogen and oxygen atoms in total. The van der Waals surface area contributed by atoms with Crippen molar-refractivity contribution in [2.45, 2.75) is 52.0 Å². The van der Waals surface area contributed by atoms with Gasteiger partial charge in [-0.05, 0) is 42.4 Å². The Morgan fingerprint density at radius 3 is 2.85 bits per heavy atom. The summed E-state index contributed by atoms with van der Waals surface area (Å²) in [6.07, 6.45) is 7.94. The van der Waals surface area contributed by atoms with Crippen molar-refractivity contribution in [2.75, 3.05) is 13.2 Å². The minimum absolute atomic E-state index is 0.552. The first kappa shape index (κ1) is 14.4. The maximum absolute atomic E-state index is 5.80. The van der Waals surface area contributed by atoms with E-state index in [0.717, 1.165) is 31.9 Å². The molecule has 2 aliphatic rings. The Balaban J connectivity index is 1.64. The quantitative estimate of drug-likeness (QED) is 0.857. The molecule has 0 amide bonds. The number of halogens is 1. The lowest BCUT2D eigenvalue weighted by atomic mass is 9.83. The zero-order valence-electron chi connectivity index (χ0n) is 12.3. The molecule has 1 heterocycles. The summed E-state index contributed by atoms with van der Waals surface area (Å²) in [6.45, 7) is 5.24. The largest absolute Gasteiger partial charge is 0.493 e. The molecule has 3 heteroatoms. The smallest absolute Gasteiger partial charge is 0.127 e. The Kier molecular flexibility index (Phi) is 4.37. The lowest BCUT2D eigenvalue weighted by Gasteiger charge is -2.28. The van der Waals surface area contributed by atoms with Gasteiger partial charge in [0, 0.05) is 29.5 Å². The van der Waals surface area contributed by atoms with Gasteiger partial charge in [0.05, 0.1) is 6.61 Å². The average Bonchev–Trinajstić information content (AvgIpc) is 3.07. The first-order valence-electron chi connectivity index (χ1n) is 7.87. The van der Waals surface area contributed by atoms with Crippen molar-refractivity contribution >= 4 is 15.9 Å². The molecule has 0 radical (unpaired) electrons. The van der Waals surface area contributed by atoms with Crippen LogP contribution in [0.1, 0.15) is 50.2 Å². The van der Waals surface area contributed by atoms with E-state index >= 15 is 0 Å². The highest BCUT2D eigenvalue weighted by atomic mass is 79.9. The summed E-state index contributed by atoms with van der Waals surface area (Å²) >= 11 is 3.61. The molecule has 3 rings (SSSR count). The van der Waals surface area contributed by atoms with Gasteiger partial charge in [-0.15, -0.1) is 0 Å². The summed E-state index contributed by atoms with van der Waals surface area (Å²) in [5.41, 5.74) is 3.20. The fourth-order valence-corrected chi connectivity index (χ4v) is 4.27. The molecular formula is C17H24BrNO. The van der Waals surface area contributed by atoms with Crippen molar-refractivity contribution in [3.63, 3.8) is 0 Å². The summed E-state index contributed by atoms with van der Waals surface area (Å²) in [5.74, 6) is 1.12. The number of benzene rings is 1. The minimum atomic E-state index is 0.552. The number of hydrogen-bond acceptors (Lipinski definition) is 2. The zero-order chi connectivity index (χ0) is 14.0. The lowest BCUT2D eigenvalue weighted by molar-refractivity contribution is 0.267. The van der Waals surface area contributed by atoms with E-state index < -0.39 is 0 Å². The summed E-state index contributed by atoms with van der Waals surface area (Å²) in [7, 11) is 0. The van der Waals surface area contributed by atoms with Gasteiger partial charge in [-0.25, -0.2) is 0 Å². The van der Waals surface area contributed by atoms with Crippen molar-refractivity contribution in [2.24, 2.45) is 5.41 Å². The fraction of sp³-hybridized carbons (Fsp3) is 0.647. The van der Waals surface area contributed by atoms with Crippen LogP contribution in [0.2, 0.25) is 0 Å². The molecule has 0 saturated heterocycles. The molecule has 1 saturated carbocycles. The molecule has 1 aliphatic carbocycles. The van der Waals surface area contributed by atoms with Gasteiger partial charge in [0.25, 0.3) is 0 Å². The average molecular weight is 338 g/mol. The molecule has 1 N–H and O–H groups in total. The van der Waals surface area contributed by atoms with E-state index in [0.29, 0.717) is 5.41 Å². The van der Waals surface area contributed by atoms with Crippen LogP contribution in [0, 0.1) is 5.41 Å². The van der Waals surface area contributed by atoms with Crippen molar-refractivity contribution < 1.29 is 4.74 Å². The van der Waals surface area contributed by atoms with E-state index in [1.807, 2.05) is 0 Å². The van der Waals surface area contributed by atoms with Crippen LogP contribution >= 0.6 is 15.9 Å². The lowest BCUT2D eigenvalue weighted by Crippen LogP contribution is -2.31. The van der Waals surface area contributed by atoms with Gasteiger partial charge in [0.1, 0.15) is 5.75 Å². The van der Waals surface area contributed by atoms with Gasteiger partial charge in [0.2, 0.25) is 0 Å². The monoisotopic (exact) mass is 337 g/mol. The van der Waals surface area contributed by atoms with E-state index in [9.17, 15) is 0 Å². The summed E-state index contributed by atoms with van der Waals surface area (Å²) in [4.78, 5) is 0. The molecule has 0 aromatic heterocycles. The number of hydrogen-bond donors (Lipinski definition) is 1. The molecule has 0 spiro atoms. The van der Waals surface area contributed by atoms with Crippen molar-refractivity contribution in [1.82, 2.24) is 5.32 Å². The van der Waals surface area contributed by atoms with Crippen molar-refractivity contribution in [3.8, 4) is 5.75 Å². The molecule has 110 valence electrons. The SMILES string of the molecule is CCC1(CNCc2cc(Br)cc3c2OCC3)CCCC1. The molecule has 1 aromatic carbocycles. The van der Waals surface area contributed by atoms with Gasteiger partial charge in [-0.2, -0.15) is 0 Å². The maximum atomic E-state index is 5.80. The van der Waals surface area contributed by atoms with E-state index in [1.54, 1.807) is 0 Å². The first-order valence-corrected chi connectivity index (χ1v) is 8.67. The predicted molar refractivity (Wildman–Crippen MR) is 86.2 cm³/mol. The van der Waals surface area contributed by atoms with Gasteiger partial charge in [-0.1, -0.05) is 35.7 Å². The van der Waals surface area contributed by atoms with E-state index in [2.05, 4.69) is 40.3 Å². The minimum Gasteiger partial charge on any atom is -0.493 e. The molecular weight excluding hydrogens is 314 g/mol. The van der Waals surface area contributed by atoms with E-state index in [-0.39, 0.29) is 0 Å². The zero-order valence-corrected chi connectivity index (χ0v) is 13.9. The highest BCUT2D eigenvalue weighted by Gasteiger charge is 2.31. The molecule has 0 unspecified atom stereocenters. The van der Waals surface area contributed by atoms with Crippen molar-refractivity contribution in [3.05, 3.63) is 27.7 Å². The Hall–Kier alpha value is -0.540. The van der Waals surface area contributed by atoms with E-state index in [1.165, 1.54) is 47.7 Å². The highest BCUT2D eigenvalue weighted by Crippen LogP contribution is 2.40. The Morgan fingerprint density at radius 2 is 2.10 bits per heavy atom. The normalized spacial score (nSPS) is 19.9. The second kappa shape index (κ2) is 6.07. The Morgan fingerprint density at radius 1 is 1.30 bits per heavy atom. The van der Waals surface area contributed by atoms with Crippen LogP contribution in [0.4, 0.5) is 0 Å². The van der Waals surface area contributed by atoms with Crippen LogP contribution in [0.5, 0.6) is 5.75 Å². The summed E-state index contributed by atoms with van der Waals surface area (Å²) in [6, 6.07) is 4.39. The number of fused-ring (bicyclic) bond motifs is 1. The van der Waals surface area contributed by atoms with Gasteiger partial charge in [0.15, 0.2) is 0 Å². The van der Waals surface area contributed by atoms with Crippen molar-refractivity contribution in [1.29, 1.82) is 0 Å². The molecule has 20 heavy (non-hydrogen) atoms. The van der Waals surface area contributed by atoms with Gasteiger partial charge >= 0.3 is 0 Å². The standard InChI is InChI=1S/C17H24BrNO/c1-2-17(6-3-4-7-17)12-19-11-14-10-15(18)9-13-5-8-20-16(13)14/h9-10,19H,2-8,11-12H2,1H3. The van der Waals surface area contributed by atoms with Crippen LogP contribution in [0.25, 0.3) is 0 Å². The molecule has 1 aliphatic heterocycles. The number of ether oxygens (including phenoxy) is 1. The fourth-order valence-electron chi connectivity index (χ4n) is 3.72. The molecule has 1 fully saturated rings. The molecule has 0 atom stereocenters.